The Labute approximate surface area is 159 Å². The molecule has 0 saturated heterocycles. The third-order valence-corrected chi connectivity index (χ3v) is 4.04. The van der Waals surface area contributed by atoms with Gasteiger partial charge in [-0.3, -0.25) is 4.99 Å². The molecule has 0 unspecified atom stereocenters. The highest BCUT2D eigenvalue weighted by Gasteiger charge is 2.04. The minimum Gasteiger partial charge on any atom is -0.492 e. The average molecular weight is 363 g/mol. The summed E-state index contributed by atoms with van der Waals surface area (Å²) in [6, 6.07) is 18.2. The summed E-state index contributed by atoms with van der Waals surface area (Å²) in [5.74, 6) is 2.43. The summed E-state index contributed by atoms with van der Waals surface area (Å²) < 4.78 is 5.71. The van der Waals surface area contributed by atoms with Gasteiger partial charge >= 0.3 is 0 Å². The van der Waals surface area contributed by atoms with Crippen molar-refractivity contribution < 1.29 is 4.74 Å². The van der Waals surface area contributed by atoms with Crippen LogP contribution in [0.5, 0.6) is 5.75 Å². The third-order valence-electron chi connectivity index (χ3n) is 4.04. The van der Waals surface area contributed by atoms with E-state index in [0.717, 1.165) is 22.8 Å². The van der Waals surface area contributed by atoms with Crippen molar-refractivity contribution in [3.63, 3.8) is 0 Å². The van der Waals surface area contributed by atoms with E-state index in [1.807, 2.05) is 48.7 Å². The molecule has 0 saturated carbocycles. The highest BCUT2D eigenvalue weighted by Crippen LogP contribution is 2.15. The number of nitrogens with zero attached hydrogens (tertiary/aromatic N) is 2. The predicted molar refractivity (Wildman–Crippen MR) is 109 cm³/mol. The number of aromatic amines is 1. The number of H-pyrrole nitrogens is 1. The summed E-state index contributed by atoms with van der Waals surface area (Å²) >= 11 is 0. The number of nitrogens with one attached hydrogen (secondary N) is 3. The van der Waals surface area contributed by atoms with Crippen LogP contribution in [0.4, 0.5) is 0 Å². The van der Waals surface area contributed by atoms with Crippen molar-refractivity contribution in [2.45, 2.75) is 13.5 Å². The van der Waals surface area contributed by atoms with E-state index in [1.165, 1.54) is 5.56 Å². The zero-order chi connectivity index (χ0) is 18.9. The van der Waals surface area contributed by atoms with E-state index in [2.05, 4.69) is 44.7 Å². The molecule has 0 fully saturated rings. The largest absolute Gasteiger partial charge is 0.492 e. The van der Waals surface area contributed by atoms with E-state index in [0.29, 0.717) is 25.7 Å². The molecule has 1 heterocycles. The number of ether oxygens (including phenoxy) is 1. The minimum atomic E-state index is 0.558. The predicted octanol–water partition coefficient (Wildman–Crippen LogP) is 3.13. The number of rotatable bonds is 7. The van der Waals surface area contributed by atoms with Gasteiger partial charge in [0.25, 0.3) is 0 Å². The molecule has 1 aromatic heterocycles. The number of aromatic nitrogens is 2. The van der Waals surface area contributed by atoms with Crippen molar-refractivity contribution in [2.75, 3.05) is 20.2 Å². The highest BCUT2D eigenvalue weighted by atomic mass is 16.5. The van der Waals surface area contributed by atoms with Crippen LogP contribution in [0, 0.1) is 6.92 Å². The molecule has 0 aliphatic rings. The molecule has 2 aromatic carbocycles. The van der Waals surface area contributed by atoms with E-state index in [4.69, 9.17) is 4.74 Å². The number of aryl methyl sites for hydroxylation is 1. The van der Waals surface area contributed by atoms with Gasteiger partial charge in [0.05, 0.1) is 25.0 Å². The lowest BCUT2D eigenvalue weighted by atomic mass is 10.2. The second kappa shape index (κ2) is 9.43. The summed E-state index contributed by atoms with van der Waals surface area (Å²) in [5.41, 5.74) is 3.34. The first-order chi connectivity index (χ1) is 13.2. The lowest BCUT2D eigenvalue weighted by molar-refractivity contribution is 0.322. The van der Waals surface area contributed by atoms with E-state index in [1.54, 1.807) is 7.05 Å². The Bertz CT molecular complexity index is 856. The van der Waals surface area contributed by atoms with Gasteiger partial charge in [0.1, 0.15) is 18.2 Å². The maximum absolute atomic E-state index is 5.71. The van der Waals surface area contributed by atoms with E-state index < -0.39 is 0 Å². The van der Waals surface area contributed by atoms with Gasteiger partial charge in [0, 0.05) is 7.05 Å². The van der Waals surface area contributed by atoms with Crippen LogP contribution in [-0.4, -0.2) is 36.1 Å². The molecule has 6 heteroatoms. The van der Waals surface area contributed by atoms with Gasteiger partial charge in [-0.25, -0.2) is 4.98 Å². The molecule has 6 nitrogen and oxygen atoms in total. The van der Waals surface area contributed by atoms with E-state index in [-0.39, 0.29) is 0 Å². The van der Waals surface area contributed by atoms with Crippen LogP contribution in [0.25, 0.3) is 11.3 Å². The topological polar surface area (TPSA) is 74.3 Å². The molecule has 3 aromatic rings. The average Bonchev–Trinajstić information content (AvgIpc) is 3.18. The van der Waals surface area contributed by atoms with Crippen LogP contribution in [0.2, 0.25) is 0 Å². The fourth-order valence-electron chi connectivity index (χ4n) is 2.58. The second-order valence-corrected chi connectivity index (χ2v) is 6.12. The molecule has 3 rings (SSSR count). The zero-order valence-electron chi connectivity index (χ0n) is 15.7. The normalized spacial score (nSPS) is 11.3. The van der Waals surface area contributed by atoms with Crippen LogP contribution in [0.1, 0.15) is 11.4 Å². The van der Waals surface area contributed by atoms with Gasteiger partial charge < -0.3 is 20.4 Å². The van der Waals surface area contributed by atoms with Gasteiger partial charge in [-0.15, -0.1) is 0 Å². The monoisotopic (exact) mass is 363 g/mol. The van der Waals surface area contributed by atoms with Gasteiger partial charge in [0.15, 0.2) is 5.96 Å². The van der Waals surface area contributed by atoms with Crippen LogP contribution in [0.15, 0.2) is 65.8 Å². The molecular weight excluding hydrogens is 338 g/mol. The van der Waals surface area contributed by atoms with Gasteiger partial charge in [-0.2, -0.15) is 0 Å². The second-order valence-electron chi connectivity index (χ2n) is 6.12. The fourth-order valence-corrected chi connectivity index (χ4v) is 2.58. The smallest absolute Gasteiger partial charge is 0.191 e. The Balaban J connectivity index is 1.41. The Kier molecular flexibility index (Phi) is 6.46. The number of aliphatic imine (C=N–C) groups is 1. The Hall–Kier alpha value is -3.28. The summed E-state index contributed by atoms with van der Waals surface area (Å²) in [6.07, 6.45) is 1.85. The SMILES string of the molecule is CN=C(NCCOc1ccc(C)cc1)NCc1ncc(-c2ccccc2)[nH]1. The molecule has 0 radical (unpaired) electrons. The summed E-state index contributed by atoms with van der Waals surface area (Å²) in [7, 11) is 1.74. The Morgan fingerprint density at radius 1 is 1.07 bits per heavy atom. The third kappa shape index (κ3) is 5.60. The lowest BCUT2D eigenvalue weighted by Crippen LogP contribution is -2.39. The van der Waals surface area contributed by atoms with Crippen molar-refractivity contribution in [1.82, 2.24) is 20.6 Å². The molecule has 0 bridgehead atoms. The van der Waals surface area contributed by atoms with E-state index in [9.17, 15) is 0 Å². The maximum atomic E-state index is 5.71. The first kappa shape index (κ1) is 18.5. The molecular formula is C21H25N5O. The molecule has 0 aliphatic carbocycles. The van der Waals surface area contributed by atoms with Crippen LogP contribution in [-0.2, 0) is 6.54 Å². The summed E-state index contributed by atoms with van der Waals surface area (Å²) in [6.45, 7) is 3.83. The van der Waals surface area contributed by atoms with Crippen molar-refractivity contribution in [3.8, 4) is 17.0 Å². The number of benzene rings is 2. The number of imidazole rings is 1. The standard InChI is InChI=1S/C21H25N5O/c1-16-8-10-18(11-9-16)27-13-12-23-21(22-2)25-15-20-24-14-19(26-20)17-6-4-3-5-7-17/h3-11,14H,12-13,15H2,1-2H3,(H,24,26)(H2,22,23,25). The fraction of sp³-hybridized carbons (Fsp3) is 0.238. The molecule has 27 heavy (non-hydrogen) atoms. The Morgan fingerprint density at radius 3 is 2.59 bits per heavy atom. The molecule has 0 amide bonds. The van der Waals surface area contributed by atoms with Gasteiger partial charge in [-0.05, 0) is 24.6 Å². The molecule has 3 N–H and O–H groups in total. The van der Waals surface area contributed by atoms with Crippen molar-refractivity contribution in [1.29, 1.82) is 0 Å². The number of guanidine groups is 1. The number of hydrogen-bond acceptors (Lipinski definition) is 3. The molecule has 0 spiro atoms. The molecule has 140 valence electrons. The van der Waals surface area contributed by atoms with Crippen LogP contribution in [0.3, 0.4) is 0 Å². The zero-order valence-corrected chi connectivity index (χ0v) is 15.7. The van der Waals surface area contributed by atoms with Gasteiger partial charge in [-0.1, -0.05) is 48.0 Å². The summed E-state index contributed by atoms with van der Waals surface area (Å²) in [4.78, 5) is 12.0. The molecule has 0 atom stereocenters. The van der Waals surface area contributed by atoms with Crippen molar-refractivity contribution >= 4 is 5.96 Å². The van der Waals surface area contributed by atoms with Crippen LogP contribution >= 0.6 is 0 Å². The maximum Gasteiger partial charge on any atom is 0.191 e. The quantitative estimate of drug-likeness (QED) is 0.342. The van der Waals surface area contributed by atoms with Gasteiger partial charge in [0.2, 0.25) is 0 Å². The van der Waals surface area contributed by atoms with Crippen molar-refractivity contribution in [2.24, 2.45) is 4.99 Å². The molecule has 0 aliphatic heterocycles. The van der Waals surface area contributed by atoms with Crippen LogP contribution < -0.4 is 15.4 Å². The first-order valence-corrected chi connectivity index (χ1v) is 8.98. The highest BCUT2D eigenvalue weighted by molar-refractivity contribution is 5.79. The number of hydrogen-bond donors (Lipinski definition) is 3. The van der Waals surface area contributed by atoms with E-state index >= 15 is 0 Å². The lowest BCUT2D eigenvalue weighted by Gasteiger charge is -2.12. The first-order valence-electron chi connectivity index (χ1n) is 8.98. The summed E-state index contributed by atoms with van der Waals surface area (Å²) in [5, 5.41) is 6.48. The Morgan fingerprint density at radius 2 is 1.85 bits per heavy atom. The van der Waals surface area contributed by atoms with Crippen molar-refractivity contribution in [3.05, 3.63) is 72.2 Å². The minimum absolute atomic E-state index is 0.558.